The molecule has 0 unspecified atom stereocenters. The van der Waals surface area contributed by atoms with E-state index in [4.69, 9.17) is 0 Å². The highest BCUT2D eigenvalue weighted by atomic mass is 32.2. The third-order valence-electron chi connectivity index (χ3n) is 6.10. The van der Waals surface area contributed by atoms with Gasteiger partial charge in [-0.2, -0.15) is 0 Å². The molecular formula is C28H28N4O4S. The summed E-state index contributed by atoms with van der Waals surface area (Å²) < 4.78 is 27.7. The molecule has 1 heterocycles. The number of carbonyl (C=O) groups excluding carboxylic acids is 2. The maximum Gasteiger partial charge on any atom is 0.329 e. The fourth-order valence-corrected chi connectivity index (χ4v) is 5.27. The predicted molar refractivity (Wildman–Crippen MR) is 145 cm³/mol. The maximum absolute atomic E-state index is 13.6. The Kier molecular flexibility index (Phi) is 7.45. The number of anilines is 1. The van der Waals surface area contributed by atoms with Crippen LogP contribution in [0, 0.1) is 6.92 Å². The number of carbonyl (C=O) groups is 2. The fourth-order valence-electron chi connectivity index (χ4n) is 4.10. The van der Waals surface area contributed by atoms with Gasteiger partial charge in [-0.25, -0.2) is 17.9 Å². The zero-order valence-corrected chi connectivity index (χ0v) is 21.4. The number of fused-ring (bicyclic) bond motifs is 1. The molecule has 1 aliphatic rings. The second kappa shape index (κ2) is 10.7. The van der Waals surface area contributed by atoms with Crippen LogP contribution in [0.2, 0.25) is 0 Å². The molecule has 37 heavy (non-hydrogen) atoms. The average molecular weight is 517 g/mol. The van der Waals surface area contributed by atoms with Crippen LogP contribution >= 0.6 is 0 Å². The van der Waals surface area contributed by atoms with Crippen molar-refractivity contribution < 1.29 is 18.0 Å². The zero-order chi connectivity index (χ0) is 26.6. The Bertz CT molecular complexity index is 1480. The highest BCUT2D eigenvalue weighted by Gasteiger charge is 2.28. The lowest BCUT2D eigenvalue weighted by Gasteiger charge is -2.26. The molecule has 0 radical (unpaired) electrons. The number of hydrogen-bond acceptors (Lipinski definition) is 5. The Balaban J connectivity index is 1.57. The van der Waals surface area contributed by atoms with Crippen LogP contribution in [0.5, 0.6) is 0 Å². The fraction of sp³-hybridized carbons (Fsp3) is 0.143. The predicted octanol–water partition coefficient (Wildman–Crippen LogP) is 3.80. The van der Waals surface area contributed by atoms with Gasteiger partial charge in [-0.3, -0.25) is 4.79 Å². The summed E-state index contributed by atoms with van der Waals surface area (Å²) in [7, 11) is -2.52. The number of aryl methyl sites for hydroxylation is 1. The lowest BCUT2D eigenvalue weighted by atomic mass is 10.0. The van der Waals surface area contributed by atoms with E-state index in [1.165, 1.54) is 11.0 Å². The van der Waals surface area contributed by atoms with Crippen LogP contribution in [0.1, 0.15) is 22.3 Å². The quantitative estimate of drug-likeness (QED) is 0.443. The number of rotatable bonds is 7. The third kappa shape index (κ3) is 5.90. The Morgan fingerprint density at radius 2 is 1.73 bits per heavy atom. The summed E-state index contributed by atoms with van der Waals surface area (Å²) in [5.74, 6) is -0.405. The molecule has 3 N–H and O–H groups in total. The van der Waals surface area contributed by atoms with Crippen LogP contribution in [0.25, 0.3) is 11.8 Å². The van der Waals surface area contributed by atoms with Crippen molar-refractivity contribution in [2.24, 2.45) is 0 Å². The van der Waals surface area contributed by atoms with Gasteiger partial charge in [0.1, 0.15) is 6.04 Å². The molecule has 3 aromatic rings. The van der Waals surface area contributed by atoms with Gasteiger partial charge in [-0.15, -0.1) is 0 Å². The minimum absolute atomic E-state index is 0.00912. The first-order valence-electron chi connectivity index (χ1n) is 11.6. The van der Waals surface area contributed by atoms with Gasteiger partial charge in [0.05, 0.1) is 4.90 Å². The number of likely N-dealkylation sites (N-methyl/N-ethyl adjacent to an activating group) is 1. The molecule has 0 aromatic heterocycles. The van der Waals surface area contributed by atoms with E-state index in [1.54, 1.807) is 38.4 Å². The lowest BCUT2D eigenvalue weighted by molar-refractivity contribution is -0.120. The van der Waals surface area contributed by atoms with Crippen LogP contribution in [0.4, 0.5) is 10.5 Å². The molecule has 8 nitrogen and oxygen atoms in total. The molecule has 9 heteroatoms. The summed E-state index contributed by atoms with van der Waals surface area (Å²) >= 11 is 0. The molecule has 0 aliphatic carbocycles. The summed E-state index contributed by atoms with van der Waals surface area (Å²) in [6.45, 7) is 5.65. The molecule has 3 aromatic carbocycles. The number of nitrogens with zero attached hydrogens (tertiary/aromatic N) is 1. The highest BCUT2D eigenvalue weighted by Crippen LogP contribution is 2.27. The highest BCUT2D eigenvalue weighted by molar-refractivity contribution is 7.90. The molecule has 0 saturated carbocycles. The molecule has 4 rings (SSSR count). The number of sulfonamides is 1. The molecular weight excluding hydrogens is 488 g/mol. The standard InChI is InChI=1S/C28H28N4O4S/c1-19-9-7-8-12-26(19)37(35,36)31-28(34)30-25(17-21-10-5-4-6-11-21)27(33)32(3)23-14-13-22-15-16-29-20(2)24(22)18-23/h4-16,18,25,29H,2,17H2,1,3H3,(H2,30,31,34)/t25-/m0/s1. The van der Waals surface area contributed by atoms with Gasteiger partial charge in [0.2, 0.25) is 5.91 Å². The van der Waals surface area contributed by atoms with Gasteiger partial charge in [0.15, 0.2) is 0 Å². The lowest BCUT2D eigenvalue weighted by Crippen LogP contribution is -2.52. The molecule has 0 saturated heterocycles. The number of urea groups is 1. The van der Waals surface area contributed by atoms with Gasteiger partial charge in [-0.1, -0.05) is 61.2 Å². The summed E-state index contributed by atoms with van der Waals surface area (Å²) in [6, 6.07) is 19.1. The Hall–Kier alpha value is -4.37. The first kappa shape index (κ1) is 25.7. The summed E-state index contributed by atoms with van der Waals surface area (Å²) in [5.41, 5.74) is 4.44. The maximum atomic E-state index is 13.6. The van der Waals surface area contributed by atoms with Crippen molar-refractivity contribution in [3.8, 4) is 0 Å². The van der Waals surface area contributed by atoms with Crippen LogP contribution in [0.15, 0.2) is 90.5 Å². The monoisotopic (exact) mass is 516 g/mol. The number of amides is 3. The Labute approximate surface area is 216 Å². The normalized spacial score (nSPS) is 13.2. The molecule has 3 amide bonds. The molecule has 190 valence electrons. The molecule has 1 aliphatic heterocycles. The van der Waals surface area contributed by atoms with Crippen molar-refractivity contribution >= 4 is 39.4 Å². The SMILES string of the molecule is C=C1NC=Cc2ccc(N(C)C(=O)[C@H](Cc3ccccc3)NC(=O)NS(=O)(=O)c3ccccc3C)cc21. The van der Waals surface area contributed by atoms with Crippen molar-refractivity contribution in [1.82, 2.24) is 15.4 Å². The van der Waals surface area contributed by atoms with E-state index in [0.717, 1.165) is 16.7 Å². The minimum Gasteiger partial charge on any atom is -0.362 e. The minimum atomic E-state index is -4.13. The van der Waals surface area contributed by atoms with E-state index in [9.17, 15) is 18.0 Å². The smallest absolute Gasteiger partial charge is 0.329 e. The van der Waals surface area contributed by atoms with Gasteiger partial charge in [0.25, 0.3) is 10.0 Å². The average Bonchev–Trinajstić information content (AvgIpc) is 2.88. The molecule has 0 fully saturated rings. The van der Waals surface area contributed by atoms with Crippen LogP contribution in [0.3, 0.4) is 0 Å². The number of nitrogens with one attached hydrogen (secondary N) is 3. The Morgan fingerprint density at radius 3 is 2.46 bits per heavy atom. The third-order valence-corrected chi connectivity index (χ3v) is 7.59. The van der Waals surface area contributed by atoms with Crippen molar-refractivity contribution in [2.75, 3.05) is 11.9 Å². The van der Waals surface area contributed by atoms with Crippen LogP contribution in [-0.2, 0) is 21.2 Å². The van der Waals surface area contributed by atoms with Gasteiger partial charge in [-0.05, 0) is 47.9 Å². The first-order valence-corrected chi connectivity index (χ1v) is 13.1. The van der Waals surface area contributed by atoms with E-state index in [-0.39, 0.29) is 11.3 Å². The van der Waals surface area contributed by atoms with Gasteiger partial charge in [0, 0.05) is 36.6 Å². The second-order valence-corrected chi connectivity index (χ2v) is 10.4. The number of hydrogen-bond donors (Lipinski definition) is 3. The van der Waals surface area contributed by atoms with Crippen molar-refractivity contribution in [2.45, 2.75) is 24.3 Å². The Morgan fingerprint density at radius 1 is 1.03 bits per heavy atom. The summed E-state index contributed by atoms with van der Waals surface area (Å²) in [4.78, 5) is 27.9. The topological polar surface area (TPSA) is 108 Å². The van der Waals surface area contributed by atoms with Crippen LogP contribution in [-0.4, -0.2) is 33.4 Å². The van der Waals surface area contributed by atoms with E-state index in [2.05, 4.69) is 17.2 Å². The van der Waals surface area contributed by atoms with Crippen LogP contribution < -0.4 is 20.3 Å². The summed E-state index contributed by atoms with van der Waals surface area (Å²) in [5, 5.41) is 5.62. The van der Waals surface area contributed by atoms with Crippen molar-refractivity contribution in [3.05, 3.63) is 108 Å². The van der Waals surface area contributed by atoms with E-state index >= 15 is 0 Å². The molecule has 0 bridgehead atoms. The van der Waals surface area contributed by atoms with Crippen molar-refractivity contribution in [3.63, 3.8) is 0 Å². The van der Waals surface area contributed by atoms with E-state index in [0.29, 0.717) is 16.9 Å². The second-order valence-electron chi connectivity index (χ2n) is 8.71. The molecule has 1 atom stereocenters. The first-order chi connectivity index (χ1) is 17.7. The number of benzene rings is 3. The molecule has 0 spiro atoms. The van der Waals surface area contributed by atoms with Gasteiger partial charge >= 0.3 is 6.03 Å². The summed E-state index contributed by atoms with van der Waals surface area (Å²) in [6.07, 6.45) is 3.88. The van der Waals surface area contributed by atoms with Gasteiger partial charge < -0.3 is 15.5 Å². The van der Waals surface area contributed by atoms with E-state index < -0.39 is 28.0 Å². The van der Waals surface area contributed by atoms with E-state index in [1.807, 2.05) is 59.3 Å². The largest absolute Gasteiger partial charge is 0.362 e. The zero-order valence-electron chi connectivity index (χ0n) is 20.6. The van der Waals surface area contributed by atoms with Crippen molar-refractivity contribution in [1.29, 1.82) is 0 Å².